The van der Waals surface area contributed by atoms with E-state index < -0.39 is 22.6 Å². The summed E-state index contributed by atoms with van der Waals surface area (Å²) in [4.78, 5) is 47.7. The van der Waals surface area contributed by atoms with Crippen molar-refractivity contribution in [2.45, 2.75) is 53.2 Å². The number of likely N-dealkylation sites (N-methyl/N-ethyl adjacent to an activating group) is 1. The van der Waals surface area contributed by atoms with E-state index in [-0.39, 0.29) is 47.6 Å². The summed E-state index contributed by atoms with van der Waals surface area (Å²) in [6.45, 7) is 8.94. The van der Waals surface area contributed by atoms with Crippen LogP contribution in [0.25, 0.3) is 11.0 Å². The van der Waals surface area contributed by atoms with E-state index in [2.05, 4.69) is 39.4 Å². The van der Waals surface area contributed by atoms with Gasteiger partial charge in [0, 0.05) is 43.4 Å². The average Bonchev–Trinajstić information content (AvgIpc) is 3.68. The molecule has 3 unspecified atom stereocenters. The number of alkyl halides is 1. The van der Waals surface area contributed by atoms with E-state index >= 15 is 0 Å². The Morgan fingerprint density at radius 3 is 2.68 bits per heavy atom. The second kappa shape index (κ2) is 12.3. The van der Waals surface area contributed by atoms with Crippen LogP contribution >= 0.6 is 27.7 Å². The molecule has 3 fully saturated rings. The first-order chi connectivity index (χ1) is 19.8. The summed E-state index contributed by atoms with van der Waals surface area (Å²) in [6.07, 6.45) is 6.00. The molecule has 3 amide bonds. The van der Waals surface area contributed by atoms with Gasteiger partial charge < -0.3 is 19.8 Å². The second-order valence-corrected chi connectivity index (χ2v) is 13.8. The molecule has 2 aromatic rings. The summed E-state index contributed by atoms with van der Waals surface area (Å²) in [6, 6.07) is 6.84. The Kier molecular flexibility index (Phi) is 8.91. The maximum absolute atomic E-state index is 14.6. The van der Waals surface area contributed by atoms with Crippen LogP contribution < -0.4 is 0 Å². The number of aliphatic hydroxyl groups excluding tert-OH is 1. The number of thioether (sulfide) groups is 1. The Bertz CT molecular complexity index is 1340. The summed E-state index contributed by atoms with van der Waals surface area (Å²) < 4.78 is 0.959. The first-order valence-electron chi connectivity index (χ1n) is 14.1. The van der Waals surface area contributed by atoms with E-state index in [0.29, 0.717) is 32.4 Å². The van der Waals surface area contributed by atoms with E-state index in [4.69, 9.17) is 0 Å². The first kappa shape index (κ1) is 29.8. The summed E-state index contributed by atoms with van der Waals surface area (Å²) in [7, 11) is 1.74. The zero-order valence-corrected chi connectivity index (χ0v) is 25.7. The van der Waals surface area contributed by atoms with Crippen molar-refractivity contribution in [1.82, 2.24) is 29.7 Å². The molecule has 0 saturated carbocycles. The molecular formula is C29H37BrN6O4S. The normalized spacial score (nSPS) is 28.2. The minimum Gasteiger partial charge on any atom is -0.396 e. The third kappa shape index (κ3) is 5.12. The highest BCUT2D eigenvalue weighted by atomic mass is 79.9. The summed E-state index contributed by atoms with van der Waals surface area (Å²) in [5.41, 5.74) is 1.54. The van der Waals surface area contributed by atoms with Crippen molar-refractivity contribution < 1.29 is 19.5 Å². The van der Waals surface area contributed by atoms with E-state index in [1.54, 1.807) is 50.3 Å². The highest BCUT2D eigenvalue weighted by molar-refractivity contribution is 9.09. The van der Waals surface area contributed by atoms with Gasteiger partial charge in [0.2, 0.25) is 17.7 Å². The zero-order valence-electron chi connectivity index (χ0n) is 23.3. The first-order valence-corrected chi connectivity index (χ1v) is 15.9. The van der Waals surface area contributed by atoms with Crippen LogP contribution in [0, 0.1) is 11.8 Å². The molecule has 4 heterocycles. The molecule has 3 saturated heterocycles. The van der Waals surface area contributed by atoms with Crippen LogP contribution in [0.4, 0.5) is 0 Å². The number of hydrogen-bond acceptors (Lipinski definition) is 7. The van der Waals surface area contributed by atoms with Gasteiger partial charge in [0.25, 0.3) is 0 Å². The molecule has 220 valence electrons. The number of rotatable bonds is 13. The molecule has 2 bridgehead atoms. The Hall–Kier alpha value is -2.70. The molecule has 1 spiro atoms. The second-order valence-electron chi connectivity index (χ2n) is 11.1. The van der Waals surface area contributed by atoms with E-state index in [9.17, 15) is 19.5 Å². The number of amides is 3. The molecule has 5 rings (SSSR count). The number of fused-ring (bicyclic) bond motifs is 2. The minimum absolute atomic E-state index is 0.000571. The molecule has 0 radical (unpaired) electrons. The fraction of sp³-hybridized carbons (Fsp3) is 0.552. The molecule has 3 aliphatic heterocycles. The van der Waals surface area contributed by atoms with Crippen molar-refractivity contribution >= 4 is 56.4 Å². The Morgan fingerprint density at radius 1 is 1.20 bits per heavy atom. The van der Waals surface area contributed by atoms with Gasteiger partial charge in [-0.1, -0.05) is 45.4 Å². The number of halogens is 1. The van der Waals surface area contributed by atoms with Gasteiger partial charge in [-0.3, -0.25) is 14.4 Å². The molecule has 10 nitrogen and oxygen atoms in total. The largest absolute Gasteiger partial charge is 0.396 e. The number of carbonyl (C=O) groups is 3. The van der Waals surface area contributed by atoms with Crippen LogP contribution in [0.2, 0.25) is 0 Å². The molecule has 1 N–H and O–H groups in total. The van der Waals surface area contributed by atoms with Crippen LogP contribution in [-0.4, -0.2) is 107 Å². The molecule has 0 aliphatic carbocycles. The summed E-state index contributed by atoms with van der Waals surface area (Å²) >= 11 is 5.46. The predicted octanol–water partition coefficient (Wildman–Crippen LogP) is 2.68. The highest BCUT2D eigenvalue weighted by Crippen LogP contribution is 2.68. The fourth-order valence-corrected chi connectivity index (χ4v) is 10.4. The van der Waals surface area contributed by atoms with Crippen molar-refractivity contribution in [2.24, 2.45) is 11.8 Å². The van der Waals surface area contributed by atoms with Crippen LogP contribution in [0.3, 0.4) is 0 Å². The summed E-state index contributed by atoms with van der Waals surface area (Å²) in [5.74, 6) is -1.51. The number of unbranched alkanes of at least 4 members (excludes halogenated alkanes) is 2. The molecule has 1 aromatic carbocycles. The number of likely N-dealkylation sites (tertiary alicyclic amines) is 1. The van der Waals surface area contributed by atoms with E-state index in [0.717, 1.165) is 17.5 Å². The number of aliphatic hydroxyl groups is 1. The molecular weight excluding hydrogens is 608 g/mol. The molecule has 6 atom stereocenters. The van der Waals surface area contributed by atoms with Gasteiger partial charge in [0.15, 0.2) is 0 Å². The number of nitrogens with zero attached hydrogens (tertiary/aromatic N) is 6. The van der Waals surface area contributed by atoms with Crippen molar-refractivity contribution in [3.8, 4) is 0 Å². The highest BCUT2D eigenvalue weighted by Gasteiger charge is 2.75. The lowest BCUT2D eigenvalue weighted by atomic mass is 9.70. The average molecular weight is 646 g/mol. The third-order valence-corrected chi connectivity index (χ3v) is 11.8. The number of aromatic nitrogens is 3. The van der Waals surface area contributed by atoms with E-state index in [1.165, 1.54) is 0 Å². The van der Waals surface area contributed by atoms with Crippen molar-refractivity contribution in [1.29, 1.82) is 0 Å². The number of hydrogen-bond donors (Lipinski definition) is 1. The number of para-hydroxylation sites is 1. The predicted molar refractivity (Wildman–Crippen MR) is 162 cm³/mol. The smallest absolute Gasteiger partial charge is 0.248 e. The van der Waals surface area contributed by atoms with Crippen molar-refractivity contribution in [3.63, 3.8) is 0 Å². The lowest BCUT2D eigenvalue weighted by Crippen LogP contribution is -2.56. The topological polar surface area (TPSA) is 112 Å². The maximum atomic E-state index is 14.6. The lowest BCUT2D eigenvalue weighted by molar-refractivity contribution is -0.144. The number of benzene rings is 1. The van der Waals surface area contributed by atoms with Gasteiger partial charge in [-0.2, -0.15) is 0 Å². The van der Waals surface area contributed by atoms with Crippen LogP contribution in [-0.2, 0) is 21.1 Å². The Morgan fingerprint density at radius 2 is 1.95 bits per heavy atom. The van der Waals surface area contributed by atoms with Gasteiger partial charge in [0.1, 0.15) is 18.2 Å². The van der Waals surface area contributed by atoms with Gasteiger partial charge in [-0.15, -0.1) is 30.0 Å². The Labute approximate surface area is 252 Å². The molecule has 3 aliphatic rings. The van der Waals surface area contributed by atoms with Crippen LogP contribution in [0.15, 0.2) is 49.6 Å². The zero-order chi connectivity index (χ0) is 29.3. The van der Waals surface area contributed by atoms with Gasteiger partial charge in [-0.25, -0.2) is 4.68 Å². The third-order valence-electron chi connectivity index (χ3n) is 8.53. The van der Waals surface area contributed by atoms with Crippen LogP contribution in [0.5, 0.6) is 0 Å². The lowest BCUT2D eigenvalue weighted by Gasteiger charge is -2.38. The van der Waals surface area contributed by atoms with Crippen molar-refractivity contribution in [2.75, 3.05) is 33.3 Å². The standard InChI is InChI=1S/C29H37BrN6O4S/c1-4-13-33(3)26(38)22-23-27(39)35(15-9-6-10-16-37)25(29(23)17-19(30)24(22)41-29)28(40)34(14-5-2)18-36-21-12-8-7-11-20(21)31-32-36/h4-5,7-8,11-12,19,22-25,37H,1-2,6,9-10,13-18H2,3H3/t19?,22-,23-,24-,25?,29?/m0/s1. The molecule has 1 aromatic heterocycles. The Balaban J connectivity index is 1.52. The van der Waals surface area contributed by atoms with Crippen LogP contribution in [0.1, 0.15) is 25.7 Å². The molecule has 41 heavy (non-hydrogen) atoms. The van der Waals surface area contributed by atoms with Gasteiger partial charge in [-0.05, 0) is 37.8 Å². The SMILES string of the molecule is C=CCN(C)C(=O)[C@H]1[C@H]2C(=O)N(CCCCCO)C(C(=O)N(CC=C)Cn3nnc4ccccc43)C23CC(Br)[C@@H]1S3. The van der Waals surface area contributed by atoms with E-state index in [1.807, 2.05) is 24.3 Å². The summed E-state index contributed by atoms with van der Waals surface area (Å²) in [5, 5.41) is 17.7. The van der Waals surface area contributed by atoms with Gasteiger partial charge in [0.05, 0.1) is 22.1 Å². The number of carbonyl (C=O) groups excluding carboxylic acids is 3. The quantitative estimate of drug-likeness (QED) is 0.203. The minimum atomic E-state index is -0.735. The van der Waals surface area contributed by atoms with Gasteiger partial charge >= 0.3 is 0 Å². The molecule has 12 heteroatoms. The van der Waals surface area contributed by atoms with Crippen molar-refractivity contribution in [3.05, 3.63) is 49.6 Å². The maximum Gasteiger partial charge on any atom is 0.248 e. The fourth-order valence-electron chi connectivity index (χ4n) is 6.77. The monoisotopic (exact) mass is 644 g/mol.